The van der Waals surface area contributed by atoms with Gasteiger partial charge in [0.25, 0.3) is 5.56 Å². The molecule has 8 heteroatoms. The third-order valence-electron chi connectivity index (χ3n) is 3.97. The molecule has 2 rings (SSSR count). The molecule has 1 heterocycles. The average molecular weight is 361 g/mol. The van der Waals surface area contributed by atoms with Crippen LogP contribution in [-0.4, -0.2) is 43.4 Å². The van der Waals surface area contributed by atoms with Crippen molar-refractivity contribution in [3.63, 3.8) is 0 Å². The molecule has 0 saturated heterocycles. The zero-order valence-electron chi connectivity index (χ0n) is 14.6. The highest BCUT2D eigenvalue weighted by Crippen LogP contribution is 2.34. The number of aromatic hydroxyl groups is 1. The van der Waals surface area contributed by atoms with Crippen molar-refractivity contribution >= 4 is 11.9 Å². The molecule has 1 atom stereocenters. The third-order valence-corrected chi connectivity index (χ3v) is 3.97. The van der Waals surface area contributed by atoms with Gasteiger partial charge in [0.05, 0.1) is 33.3 Å². The average Bonchev–Trinajstić information content (AvgIpc) is 2.66. The summed E-state index contributed by atoms with van der Waals surface area (Å²) in [5.41, 5.74) is -0.382. The summed E-state index contributed by atoms with van der Waals surface area (Å²) in [5, 5.41) is 10.5. The molecule has 1 unspecified atom stereocenters. The third kappa shape index (κ3) is 3.85. The first kappa shape index (κ1) is 19.0. The number of aromatic nitrogens is 1. The van der Waals surface area contributed by atoms with Gasteiger partial charge in [-0.3, -0.25) is 9.59 Å². The molecular weight excluding hydrogens is 342 g/mol. The van der Waals surface area contributed by atoms with Crippen molar-refractivity contribution in [1.82, 2.24) is 4.98 Å². The maximum atomic E-state index is 12.4. The number of aromatic amines is 1. The monoisotopic (exact) mass is 361 g/mol. The zero-order chi connectivity index (χ0) is 19.3. The lowest BCUT2D eigenvalue weighted by Gasteiger charge is -2.18. The van der Waals surface area contributed by atoms with Gasteiger partial charge in [-0.2, -0.15) is 0 Å². The second kappa shape index (κ2) is 8.19. The van der Waals surface area contributed by atoms with Gasteiger partial charge in [-0.1, -0.05) is 12.1 Å². The highest BCUT2D eigenvalue weighted by molar-refractivity contribution is 5.92. The quantitative estimate of drug-likeness (QED) is 0.751. The van der Waals surface area contributed by atoms with Gasteiger partial charge in [-0.15, -0.1) is 0 Å². The van der Waals surface area contributed by atoms with E-state index in [9.17, 15) is 19.5 Å². The van der Waals surface area contributed by atoms with Gasteiger partial charge in [-0.25, -0.2) is 4.79 Å². The van der Waals surface area contributed by atoms with Gasteiger partial charge < -0.3 is 24.3 Å². The van der Waals surface area contributed by atoms with E-state index in [-0.39, 0.29) is 17.5 Å². The molecular formula is C18H19NO7. The summed E-state index contributed by atoms with van der Waals surface area (Å²) in [4.78, 5) is 38.4. The predicted octanol–water partition coefficient (Wildman–Crippen LogP) is 1.57. The van der Waals surface area contributed by atoms with Crippen LogP contribution in [0.2, 0.25) is 0 Å². The van der Waals surface area contributed by atoms with Crippen LogP contribution in [0.1, 0.15) is 33.8 Å². The molecule has 1 aromatic carbocycles. The number of carbonyl (C=O) groups is 2. The molecule has 2 N–H and O–H groups in total. The summed E-state index contributed by atoms with van der Waals surface area (Å²) >= 11 is 0. The number of methoxy groups -OCH3 is 3. The van der Waals surface area contributed by atoms with E-state index in [1.165, 1.54) is 14.2 Å². The number of pyridine rings is 1. The van der Waals surface area contributed by atoms with E-state index in [4.69, 9.17) is 9.47 Å². The van der Waals surface area contributed by atoms with E-state index in [2.05, 4.69) is 9.72 Å². The van der Waals surface area contributed by atoms with Crippen LogP contribution in [0.15, 0.2) is 35.3 Å². The van der Waals surface area contributed by atoms with Crippen molar-refractivity contribution in [2.75, 3.05) is 21.3 Å². The Morgan fingerprint density at radius 3 is 2.31 bits per heavy atom. The number of ether oxygens (including phenoxy) is 3. The maximum Gasteiger partial charge on any atom is 0.343 e. The van der Waals surface area contributed by atoms with Gasteiger partial charge in [0, 0.05) is 12.1 Å². The number of nitrogens with one attached hydrogen (secondary N) is 1. The summed E-state index contributed by atoms with van der Waals surface area (Å²) in [6.07, 6.45) is 0.861. The van der Waals surface area contributed by atoms with E-state index in [1.807, 2.05) is 0 Å². The Kier molecular flexibility index (Phi) is 6.00. The lowest BCUT2D eigenvalue weighted by atomic mass is 9.88. The molecule has 26 heavy (non-hydrogen) atoms. The van der Waals surface area contributed by atoms with Gasteiger partial charge in [0.2, 0.25) is 0 Å². The molecule has 1 aromatic heterocycles. The maximum absolute atomic E-state index is 12.4. The van der Waals surface area contributed by atoms with Crippen molar-refractivity contribution in [3.8, 4) is 11.5 Å². The molecule has 8 nitrogen and oxygen atoms in total. The van der Waals surface area contributed by atoms with Crippen LogP contribution in [0.3, 0.4) is 0 Å². The smallest absolute Gasteiger partial charge is 0.343 e. The summed E-state index contributed by atoms with van der Waals surface area (Å²) in [7, 11) is 3.89. The van der Waals surface area contributed by atoms with E-state index < -0.39 is 29.2 Å². The zero-order valence-corrected chi connectivity index (χ0v) is 14.6. The van der Waals surface area contributed by atoms with E-state index in [0.717, 1.165) is 13.3 Å². The summed E-state index contributed by atoms with van der Waals surface area (Å²) < 4.78 is 14.4. The Bertz CT molecular complexity index is 855. The van der Waals surface area contributed by atoms with Crippen LogP contribution in [0.25, 0.3) is 0 Å². The number of hydrogen-bond acceptors (Lipinski definition) is 7. The topological polar surface area (TPSA) is 115 Å². The summed E-state index contributed by atoms with van der Waals surface area (Å²) in [5.74, 6) is -2.17. The second-order valence-corrected chi connectivity index (χ2v) is 5.39. The minimum absolute atomic E-state index is 0.122. The molecule has 0 amide bonds. The number of esters is 2. The van der Waals surface area contributed by atoms with Gasteiger partial charge in [0.1, 0.15) is 17.1 Å². The number of H-pyrrole nitrogens is 1. The highest BCUT2D eigenvalue weighted by atomic mass is 16.5. The number of carbonyl (C=O) groups excluding carboxylic acids is 2. The SMILES string of the molecule is COC(=O)CC(c1ccc(OC)cc1)c1c(O)c(C(=O)OC)c[nH]c1=O. The van der Waals surface area contributed by atoms with Crippen LogP contribution in [-0.2, 0) is 14.3 Å². The van der Waals surface area contributed by atoms with Gasteiger partial charge in [-0.05, 0) is 17.7 Å². The van der Waals surface area contributed by atoms with Crippen LogP contribution >= 0.6 is 0 Å². The number of hydrogen-bond donors (Lipinski definition) is 2. The standard InChI is InChI=1S/C18H19NO7/c1-24-11-6-4-10(5-7-11)12(8-14(20)25-2)15-16(21)13(18(23)26-3)9-19-17(15)22/h4-7,9,12H,8H2,1-3H3,(H2,19,21,22). The van der Waals surface area contributed by atoms with Gasteiger partial charge >= 0.3 is 11.9 Å². The lowest BCUT2D eigenvalue weighted by molar-refractivity contribution is -0.140. The van der Waals surface area contributed by atoms with Crippen molar-refractivity contribution in [1.29, 1.82) is 0 Å². The number of rotatable bonds is 6. The Balaban J connectivity index is 2.63. The summed E-state index contributed by atoms with van der Waals surface area (Å²) in [6, 6.07) is 6.65. The molecule has 0 fully saturated rings. The molecule has 0 aliphatic carbocycles. The minimum Gasteiger partial charge on any atom is -0.506 e. The molecule has 2 aromatic rings. The van der Waals surface area contributed by atoms with Crippen molar-refractivity contribution in [2.45, 2.75) is 12.3 Å². The first-order valence-corrected chi connectivity index (χ1v) is 7.66. The molecule has 0 bridgehead atoms. The first-order valence-electron chi connectivity index (χ1n) is 7.66. The van der Waals surface area contributed by atoms with Crippen LogP contribution in [0.4, 0.5) is 0 Å². The number of benzene rings is 1. The van der Waals surface area contributed by atoms with Gasteiger partial charge in [0.15, 0.2) is 0 Å². The van der Waals surface area contributed by atoms with Crippen LogP contribution in [0.5, 0.6) is 11.5 Å². The Morgan fingerprint density at radius 1 is 1.12 bits per heavy atom. The molecule has 138 valence electrons. The van der Waals surface area contributed by atoms with Crippen molar-refractivity contribution < 1.29 is 28.9 Å². The molecule has 0 spiro atoms. The fourth-order valence-electron chi connectivity index (χ4n) is 2.60. The van der Waals surface area contributed by atoms with Crippen LogP contribution < -0.4 is 10.3 Å². The van der Waals surface area contributed by atoms with Crippen LogP contribution in [0, 0.1) is 0 Å². The fraction of sp³-hybridized carbons (Fsp3) is 0.278. The Labute approximate surface area is 149 Å². The molecule has 0 aliphatic heterocycles. The van der Waals surface area contributed by atoms with E-state index in [0.29, 0.717) is 11.3 Å². The predicted molar refractivity (Wildman–Crippen MR) is 91.5 cm³/mol. The highest BCUT2D eigenvalue weighted by Gasteiger charge is 2.28. The Hall–Kier alpha value is -3.29. The largest absolute Gasteiger partial charge is 0.506 e. The summed E-state index contributed by atoms with van der Waals surface area (Å²) in [6.45, 7) is 0. The molecule has 0 aliphatic rings. The normalized spacial score (nSPS) is 11.5. The fourth-order valence-corrected chi connectivity index (χ4v) is 2.60. The Morgan fingerprint density at radius 2 is 1.77 bits per heavy atom. The second-order valence-electron chi connectivity index (χ2n) is 5.39. The molecule has 0 radical (unpaired) electrons. The first-order chi connectivity index (χ1) is 12.4. The minimum atomic E-state index is -0.832. The molecule has 0 saturated carbocycles. The van der Waals surface area contributed by atoms with Crippen molar-refractivity contribution in [3.05, 3.63) is 57.5 Å². The van der Waals surface area contributed by atoms with Crippen molar-refractivity contribution in [2.24, 2.45) is 0 Å². The van der Waals surface area contributed by atoms with E-state index in [1.54, 1.807) is 24.3 Å². The lowest BCUT2D eigenvalue weighted by Crippen LogP contribution is -2.22. The van der Waals surface area contributed by atoms with E-state index >= 15 is 0 Å².